The van der Waals surface area contributed by atoms with E-state index in [4.69, 9.17) is 10.5 Å². The van der Waals surface area contributed by atoms with Crippen molar-refractivity contribution in [2.45, 2.75) is 38.5 Å². The van der Waals surface area contributed by atoms with Crippen LogP contribution in [0, 0.1) is 5.92 Å². The molecule has 0 aromatic heterocycles. The fourth-order valence-corrected chi connectivity index (χ4v) is 2.68. The zero-order valence-corrected chi connectivity index (χ0v) is 12.7. The van der Waals surface area contributed by atoms with Crippen LogP contribution in [0.3, 0.4) is 0 Å². The maximum Gasteiger partial charge on any atom is 0.224 e. The quantitative estimate of drug-likeness (QED) is 0.835. The maximum atomic E-state index is 12.0. The largest absolute Gasteiger partial charge is 0.495 e. The maximum absolute atomic E-state index is 12.0. The van der Waals surface area contributed by atoms with Gasteiger partial charge in [0.05, 0.1) is 12.8 Å². The number of rotatable bonds is 4. The molecule has 5 heteroatoms. The molecule has 2 rings (SSSR count). The van der Waals surface area contributed by atoms with E-state index in [1.807, 2.05) is 6.07 Å². The third-order valence-corrected chi connectivity index (χ3v) is 3.71. The van der Waals surface area contributed by atoms with Gasteiger partial charge in [-0.15, -0.1) is 12.4 Å². The molecule has 1 aliphatic carbocycles. The van der Waals surface area contributed by atoms with Gasteiger partial charge in [-0.3, -0.25) is 4.79 Å². The van der Waals surface area contributed by atoms with Gasteiger partial charge in [-0.1, -0.05) is 19.3 Å². The summed E-state index contributed by atoms with van der Waals surface area (Å²) < 4.78 is 5.09. The summed E-state index contributed by atoms with van der Waals surface area (Å²) in [5, 5.41) is 2.91. The van der Waals surface area contributed by atoms with E-state index < -0.39 is 0 Å². The van der Waals surface area contributed by atoms with E-state index in [0.717, 1.165) is 5.69 Å². The summed E-state index contributed by atoms with van der Waals surface area (Å²) in [5.74, 6) is 1.26. The molecule has 20 heavy (non-hydrogen) atoms. The highest BCUT2D eigenvalue weighted by Crippen LogP contribution is 2.28. The molecular formula is C15H23ClN2O2. The summed E-state index contributed by atoms with van der Waals surface area (Å²) in [6, 6.07) is 5.32. The number of nitrogens with two attached hydrogens (primary N) is 1. The number of benzene rings is 1. The van der Waals surface area contributed by atoms with Gasteiger partial charge in [0.25, 0.3) is 0 Å². The number of methoxy groups -OCH3 is 1. The number of nitrogen functional groups attached to an aromatic ring is 1. The standard InChI is InChI=1S/C15H22N2O2.ClH/c1-19-14-8-7-12(10-13(14)16)17-15(18)9-11-5-3-2-4-6-11;/h7-8,10-11H,2-6,9,16H2,1H3,(H,17,18);1H. The molecule has 1 aromatic carbocycles. The predicted octanol–water partition coefficient (Wildman–Crippen LogP) is 3.61. The molecule has 1 amide bonds. The lowest BCUT2D eigenvalue weighted by molar-refractivity contribution is -0.117. The van der Waals surface area contributed by atoms with Gasteiger partial charge in [0, 0.05) is 12.1 Å². The van der Waals surface area contributed by atoms with Crippen LogP contribution in [0.15, 0.2) is 18.2 Å². The summed E-state index contributed by atoms with van der Waals surface area (Å²) in [5.41, 5.74) is 7.09. The number of anilines is 2. The molecule has 3 N–H and O–H groups in total. The van der Waals surface area contributed by atoms with E-state index in [0.29, 0.717) is 23.8 Å². The highest BCUT2D eigenvalue weighted by atomic mass is 35.5. The van der Waals surface area contributed by atoms with Gasteiger partial charge in [0.2, 0.25) is 5.91 Å². The van der Waals surface area contributed by atoms with Crippen molar-refractivity contribution in [2.24, 2.45) is 5.92 Å². The first-order valence-electron chi connectivity index (χ1n) is 6.92. The Kier molecular flexibility index (Phi) is 6.65. The first-order chi connectivity index (χ1) is 9.19. The van der Waals surface area contributed by atoms with Gasteiger partial charge in [0.15, 0.2) is 0 Å². The third kappa shape index (κ3) is 4.60. The summed E-state index contributed by atoms with van der Waals surface area (Å²) in [7, 11) is 1.58. The van der Waals surface area contributed by atoms with Crippen molar-refractivity contribution in [2.75, 3.05) is 18.2 Å². The van der Waals surface area contributed by atoms with E-state index in [1.54, 1.807) is 19.2 Å². The molecule has 0 saturated heterocycles. The van der Waals surface area contributed by atoms with Crippen molar-refractivity contribution in [1.82, 2.24) is 0 Å². The number of halogens is 1. The topological polar surface area (TPSA) is 64.3 Å². The van der Waals surface area contributed by atoms with Crippen LogP contribution in [0.5, 0.6) is 5.75 Å². The zero-order valence-electron chi connectivity index (χ0n) is 11.9. The van der Waals surface area contributed by atoms with E-state index >= 15 is 0 Å². The van der Waals surface area contributed by atoms with E-state index in [2.05, 4.69) is 5.32 Å². The second-order valence-electron chi connectivity index (χ2n) is 5.21. The molecule has 0 radical (unpaired) electrons. The Morgan fingerprint density at radius 2 is 2.05 bits per heavy atom. The number of carbonyl (C=O) groups excluding carboxylic acids is 1. The van der Waals surface area contributed by atoms with Crippen molar-refractivity contribution >= 4 is 29.7 Å². The molecule has 112 valence electrons. The minimum absolute atomic E-state index is 0. The predicted molar refractivity (Wildman–Crippen MR) is 84.5 cm³/mol. The Morgan fingerprint density at radius 3 is 2.65 bits per heavy atom. The number of nitrogens with one attached hydrogen (secondary N) is 1. The number of ether oxygens (including phenoxy) is 1. The highest BCUT2D eigenvalue weighted by molar-refractivity contribution is 5.91. The van der Waals surface area contributed by atoms with Crippen molar-refractivity contribution in [1.29, 1.82) is 0 Å². The molecule has 1 aliphatic rings. The summed E-state index contributed by atoms with van der Waals surface area (Å²) >= 11 is 0. The Hall–Kier alpha value is -1.42. The van der Waals surface area contributed by atoms with Crippen LogP contribution in [-0.4, -0.2) is 13.0 Å². The van der Waals surface area contributed by atoms with Gasteiger partial charge in [-0.2, -0.15) is 0 Å². The summed E-state index contributed by atoms with van der Waals surface area (Å²) in [4.78, 5) is 12.0. The molecule has 0 atom stereocenters. The lowest BCUT2D eigenvalue weighted by Gasteiger charge is -2.20. The molecule has 1 fully saturated rings. The molecule has 0 unspecified atom stereocenters. The van der Waals surface area contributed by atoms with Crippen molar-refractivity contribution in [3.8, 4) is 5.75 Å². The minimum Gasteiger partial charge on any atom is -0.495 e. The van der Waals surface area contributed by atoms with Gasteiger partial charge in [-0.25, -0.2) is 0 Å². The molecule has 0 aliphatic heterocycles. The van der Waals surface area contributed by atoms with Crippen LogP contribution in [0.1, 0.15) is 38.5 Å². The third-order valence-electron chi connectivity index (χ3n) is 3.71. The molecule has 4 nitrogen and oxygen atoms in total. The molecule has 0 spiro atoms. The molecular weight excluding hydrogens is 276 g/mol. The van der Waals surface area contributed by atoms with E-state index in [-0.39, 0.29) is 18.3 Å². The van der Waals surface area contributed by atoms with Gasteiger partial charge < -0.3 is 15.8 Å². The monoisotopic (exact) mass is 298 g/mol. The summed E-state index contributed by atoms with van der Waals surface area (Å²) in [6.07, 6.45) is 6.80. The van der Waals surface area contributed by atoms with Crippen molar-refractivity contribution < 1.29 is 9.53 Å². The lowest BCUT2D eigenvalue weighted by atomic mass is 9.87. The van der Waals surface area contributed by atoms with Crippen LogP contribution >= 0.6 is 12.4 Å². The van der Waals surface area contributed by atoms with Crippen LogP contribution in [-0.2, 0) is 4.79 Å². The fraction of sp³-hybridized carbons (Fsp3) is 0.533. The van der Waals surface area contributed by atoms with E-state index in [1.165, 1.54) is 32.1 Å². The van der Waals surface area contributed by atoms with Crippen LogP contribution in [0.2, 0.25) is 0 Å². The smallest absolute Gasteiger partial charge is 0.224 e. The van der Waals surface area contributed by atoms with Crippen LogP contribution < -0.4 is 15.8 Å². The second-order valence-corrected chi connectivity index (χ2v) is 5.21. The van der Waals surface area contributed by atoms with Gasteiger partial charge in [0.1, 0.15) is 5.75 Å². The molecule has 1 saturated carbocycles. The highest BCUT2D eigenvalue weighted by Gasteiger charge is 2.17. The number of amides is 1. The van der Waals surface area contributed by atoms with Crippen LogP contribution in [0.4, 0.5) is 11.4 Å². The molecule has 0 bridgehead atoms. The van der Waals surface area contributed by atoms with E-state index in [9.17, 15) is 4.79 Å². The first-order valence-corrected chi connectivity index (χ1v) is 6.92. The normalized spacial score (nSPS) is 15.2. The average Bonchev–Trinajstić information content (AvgIpc) is 2.40. The number of hydrogen-bond acceptors (Lipinski definition) is 3. The Bertz CT molecular complexity index is 445. The fourth-order valence-electron chi connectivity index (χ4n) is 2.68. The Balaban J connectivity index is 0.00000200. The van der Waals surface area contributed by atoms with Crippen LogP contribution in [0.25, 0.3) is 0 Å². The number of carbonyl (C=O) groups is 1. The average molecular weight is 299 g/mol. The molecule has 0 heterocycles. The SMILES string of the molecule is COc1ccc(NC(=O)CC2CCCCC2)cc1N.Cl. The van der Waals surface area contributed by atoms with Gasteiger partial charge >= 0.3 is 0 Å². The van der Waals surface area contributed by atoms with Crippen molar-refractivity contribution in [3.05, 3.63) is 18.2 Å². The zero-order chi connectivity index (χ0) is 13.7. The first kappa shape index (κ1) is 16.6. The van der Waals surface area contributed by atoms with Crippen molar-refractivity contribution in [3.63, 3.8) is 0 Å². The molecule has 1 aromatic rings. The Morgan fingerprint density at radius 1 is 1.35 bits per heavy atom. The second kappa shape index (κ2) is 8.00. The van der Waals surface area contributed by atoms with Gasteiger partial charge in [-0.05, 0) is 37.0 Å². The lowest BCUT2D eigenvalue weighted by Crippen LogP contribution is -2.18. The number of hydrogen-bond donors (Lipinski definition) is 2. The summed E-state index contributed by atoms with van der Waals surface area (Å²) in [6.45, 7) is 0. The minimum atomic E-state index is 0. The Labute approximate surface area is 126 Å².